The molecule has 1 aromatic rings. The van der Waals surface area contributed by atoms with E-state index in [2.05, 4.69) is 4.98 Å². The Hall–Kier alpha value is -2.05. The third-order valence-corrected chi connectivity index (χ3v) is 3.68. The second kappa shape index (κ2) is 7.68. The number of aromatic nitrogens is 2. The highest BCUT2D eigenvalue weighted by Crippen LogP contribution is 2.30. The summed E-state index contributed by atoms with van der Waals surface area (Å²) < 4.78 is 11.9. The number of carbonyl (C=O) groups excluding carboxylic acids is 1. The minimum absolute atomic E-state index is 0.0304. The molecular weight excluding hydrogens is 322 g/mol. The van der Waals surface area contributed by atoms with E-state index in [1.165, 1.54) is 12.3 Å². The third-order valence-electron chi connectivity index (χ3n) is 3.68. The van der Waals surface area contributed by atoms with Gasteiger partial charge in [-0.2, -0.15) is 4.98 Å². The Kier molecular flexibility index (Phi) is 5.85. The van der Waals surface area contributed by atoms with Crippen LogP contribution in [0.25, 0.3) is 0 Å². The first-order chi connectivity index (χ1) is 11.4. The van der Waals surface area contributed by atoms with E-state index in [0.717, 1.165) is 9.58 Å². The van der Waals surface area contributed by atoms with Gasteiger partial charge in [0.05, 0.1) is 6.61 Å². The van der Waals surface area contributed by atoms with Crippen LogP contribution in [0.1, 0.15) is 13.2 Å². The molecule has 24 heavy (non-hydrogen) atoms. The van der Waals surface area contributed by atoms with Gasteiger partial charge in [-0.25, -0.2) is 10.6 Å². The van der Waals surface area contributed by atoms with Crippen molar-refractivity contribution >= 4 is 11.7 Å². The molecule has 134 valence electrons. The minimum Gasteiger partial charge on any atom is -0.394 e. The number of rotatable bonds is 6. The lowest BCUT2D eigenvalue weighted by molar-refractivity contribution is -0.143. The molecule has 11 heteroatoms. The smallest absolute Gasteiger partial charge is 0.351 e. The van der Waals surface area contributed by atoms with Crippen molar-refractivity contribution in [2.75, 3.05) is 25.5 Å². The number of aliphatic hydroxyl groups is 2. The van der Waals surface area contributed by atoms with Crippen LogP contribution in [0.3, 0.4) is 0 Å². The van der Waals surface area contributed by atoms with Crippen molar-refractivity contribution in [3.05, 3.63) is 22.7 Å². The van der Waals surface area contributed by atoms with Crippen LogP contribution in [-0.4, -0.2) is 68.8 Å². The highest BCUT2D eigenvalue weighted by Gasteiger charge is 2.46. The lowest BCUT2D eigenvalue weighted by Gasteiger charge is -2.23. The molecule has 11 nitrogen and oxygen atoms in total. The van der Waals surface area contributed by atoms with E-state index < -0.39 is 49.4 Å². The van der Waals surface area contributed by atoms with Crippen LogP contribution >= 0.6 is 0 Å². The van der Waals surface area contributed by atoms with Gasteiger partial charge in [0.15, 0.2) is 6.23 Å². The molecule has 1 amide bonds. The summed E-state index contributed by atoms with van der Waals surface area (Å²) in [4.78, 5) is 27.3. The maximum absolute atomic E-state index is 12.0. The van der Waals surface area contributed by atoms with Gasteiger partial charge in [-0.1, -0.05) is 0 Å². The molecule has 0 aliphatic carbocycles. The molecule has 0 aromatic carbocycles. The molecule has 0 radical (unpaired) electrons. The summed E-state index contributed by atoms with van der Waals surface area (Å²) in [6.07, 6.45) is -3.02. The van der Waals surface area contributed by atoms with Crippen LogP contribution in [0, 0.1) is 0 Å². The van der Waals surface area contributed by atoms with Gasteiger partial charge in [-0.15, -0.1) is 0 Å². The number of hydrazine groups is 1. The Morgan fingerprint density at radius 1 is 1.58 bits per heavy atom. The van der Waals surface area contributed by atoms with Gasteiger partial charge < -0.3 is 25.4 Å². The minimum atomic E-state index is -1.25. The number of hydrogen-bond donors (Lipinski definition) is 4. The number of nitrogens with two attached hydrogens (primary N) is 2. The number of carbonyl (C=O) groups is 1. The van der Waals surface area contributed by atoms with Crippen LogP contribution in [0.5, 0.6) is 0 Å². The number of hydrogen-bond acceptors (Lipinski definition) is 9. The Bertz CT molecular complexity index is 638. The standard InChI is InChI=1S/C13H21N5O6/c1-2-18(15)9(20)6-23-11-10(21)7(5-19)24-12(11)17-4-3-8(14)16-13(17)22/h3-4,7,10-12,19,21H,2,5-6,15H2,1H3,(H2,14,16,22)/t7-,10-,11-,12-/m1/s1. The van der Waals surface area contributed by atoms with Crippen molar-refractivity contribution in [2.24, 2.45) is 5.84 Å². The van der Waals surface area contributed by atoms with Crippen LogP contribution in [0.2, 0.25) is 0 Å². The average molecular weight is 343 g/mol. The number of ether oxygens (including phenoxy) is 2. The number of nitrogen functional groups attached to an aromatic ring is 1. The molecule has 2 heterocycles. The van der Waals surface area contributed by atoms with Crippen LogP contribution in [0.15, 0.2) is 17.1 Å². The molecule has 0 unspecified atom stereocenters. The zero-order valence-electron chi connectivity index (χ0n) is 13.1. The van der Waals surface area contributed by atoms with Crippen molar-refractivity contribution in [3.8, 4) is 0 Å². The van der Waals surface area contributed by atoms with Crippen LogP contribution in [-0.2, 0) is 14.3 Å². The fraction of sp³-hybridized carbons (Fsp3) is 0.615. The van der Waals surface area contributed by atoms with E-state index in [-0.39, 0.29) is 12.4 Å². The van der Waals surface area contributed by atoms with Crippen molar-refractivity contribution in [1.82, 2.24) is 14.6 Å². The topological polar surface area (TPSA) is 166 Å². The largest absolute Gasteiger partial charge is 0.394 e. The number of aliphatic hydroxyl groups excluding tert-OH is 2. The number of anilines is 1. The normalized spacial score (nSPS) is 26.5. The van der Waals surface area contributed by atoms with Crippen molar-refractivity contribution in [3.63, 3.8) is 0 Å². The Morgan fingerprint density at radius 3 is 2.88 bits per heavy atom. The summed E-state index contributed by atoms with van der Waals surface area (Å²) >= 11 is 0. The molecule has 4 atom stereocenters. The second-order valence-electron chi connectivity index (χ2n) is 5.24. The number of amides is 1. The zero-order chi connectivity index (χ0) is 17.9. The summed E-state index contributed by atoms with van der Waals surface area (Å²) in [7, 11) is 0. The van der Waals surface area contributed by atoms with Crippen molar-refractivity contribution in [2.45, 2.75) is 31.5 Å². The molecule has 1 aromatic heterocycles. The SMILES string of the molecule is CCN(N)C(=O)CO[C@@H]1[C@H](O)[C@@H](CO)O[C@H]1n1ccc(N)nc1=O. The van der Waals surface area contributed by atoms with Gasteiger partial charge in [-0.05, 0) is 13.0 Å². The highest BCUT2D eigenvalue weighted by atomic mass is 16.6. The first-order valence-electron chi connectivity index (χ1n) is 7.34. The maximum atomic E-state index is 12.0. The van der Waals surface area contributed by atoms with E-state index in [1.807, 2.05) is 0 Å². The van der Waals surface area contributed by atoms with Gasteiger partial charge >= 0.3 is 5.69 Å². The van der Waals surface area contributed by atoms with E-state index >= 15 is 0 Å². The van der Waals surface area contributed by atoms with Crippen LogP contribution < -0.4 is 17.3 Å². The van der Waals surface area contributed by atoms with Crippen LogP contribution in [0.4, 0.5) is 5.82 Å². The molecule has 1 aliphatic heterocycles. The van der Waals surface area contributed by atoms with E-state index in [1.54, 1.807) is 6.92 Å². The Balaban J connectivity index is 2.20. The average Bonchev–Trinajstić information content (AvgIpc) is 2.87. The third kappa shape index (κ3) is 3.71. The van der Waals surface area contributed by atoms with Crippen molar-refractivity contribution in [1.29, 1.82) is 0 Å². The van der Waals surface area contributed by atoms with Gasteiger partial charge in [0.25, 0.3) is 5.91 Å². The lowest BCUT2D eigenvalue weighted by Crippen LogP contribution is -2.43. The Labute approximate surface area is 137 Å². The fourth-order valence-electron chi connectivity index (χ4n) is 2.32. The molecule has 0 saturated carbocycles. The van der Waals surface area contributed by atoms with E-state index in [0.29, 0.717) is 0 Å². The quantitative estimate of drug-likeness (QED) is 0.242. The maximum Gasteiger partial charge on any atom is 0.351 e. The molecule has 1 saturated heterocycles. The molecule has 2 rings (SSSR count). The number of nitrogens with zero attached hydrogens (tertiary/aromatic N) is 3. The van der Waals surface area contributed by atoms with Gasteiger partial charge in [0, 0.05) is 12.7 Å². The molecule has 6 N–H and O–H groups in total. The molecule has 0 spiro atoms. The summed E-state index contributed by atoms with van der Waals surface area (Å²) in [5.74, 6) is 5.00. The fourth-order valence-corrected chi connectivity index (χ4v) is 2.32. The summed E-state index contributed by atoms with van der Waals surface area (Å²) in [5, 5.41) is 20.4. The monoisotopic (exact) mass is 343 g/mol. The summed E-state index contributed by atoms with van der Waals surface area (Å²) in [5.41, 5.74) is 4.73. The van der Waals surface area contributed by atoms with Crippen molar-refractivity contribution < 1.29 is 24.5 Å². The van der Waals surface area contributed by atoms with E-state index in [4.69, 9.17) is 21.1 Å². The van der Waals surface area contributed by atoms with Gasteiger partial charge in [-0.3, -0.25) is 14.4 Å². The number of likely N-dealkylation sites (N-methyl/N-ethyl adjacent to an activating group) is 1. The van der Waals surface area contributed by atoms with E-state index in [9.17, 15) is 19.8 Å². The predicted molar refractivity (Wildman–Crippen MR) is 81.2 cm³/mol. The lowest BCUT2D eigenvalue weighted by atomic mass is 10.1. The molecule has 0 bridgehead atoms. The van der Waals surface area contributed by atoms with Gasteiger partial charge in [0.1, 0.15) is 30.7 Å². The zero-order valence-corrected chi connectivity index (χ0v) is 13.1. The predicted octanol–water partition coefficient (Wildman–Crippen LogP) is -2.82. The Morgan fingerprint density at radius 2 is 2.29 bits per heavy atom. The molecule has 1 fully saturated rings. The molecular formula is C13H21N5O6. The summed E-state index contributed by atoms with van der Waals surface area (Å²) in [6, 6.07) is 1.38. The molecule has 1 aliphatic rings. The first kappa shape index (κ1) is 18.3. The first-order valence-corrected chi connectivity index (χ1v) is 7.34. The van der Waals surface area contributed by atoms with Gasteiger partial charge in [0.2, 0.25) is 0 Å². The second-order valence-corrected chi connectivity index (χ2v) is 5.24. The summed E-state index contributed by atoms with van der Waals surface area (Å²) in [6.45, 7) is 1.08. The highest BCUT2D eigenvalue weighted by molar-refractivity contribution is 5.76.